The predicted octanol–water partition coefficient (Wildman–Crippen LogP) is 5.86. The van der Waals surface area contributed by atoms with E-state index in [9.17, 15) is 19.2 Å². The highest BCUT2D eigenvalue weighted by Crippen LogP contribution is 2.42. The zero-order chi connectivity index (χ0) is 38.8. The van der Waals surface area contributed by atoms with E-state index in [4.69, 9.17) is 18.7 Å². The van der Waals surface area contributed by atoms with Gasteiger partial charge in [0.05, 0.1) is 44.9 Å². The molecule has 3 heterocycles. The monoisotopic (exact) mass is 776 g/mol. The third-order valence-electron chi connectivity index (χ3n) is 9.93. The molecule has 298 valence electrons. The number of thioether (sulfide) groups is 1. The maximum atomic E-state index is 12.2. The van der Waals surface area contributed by atoms with E-state index in [2.05, 4.69) is 59.2 Å². The van der Waals surface area contributed by atoms with E-state index in [0.717, 1.165) is 79.7 Å². The number of rotatable bonds is 25. The molecule has 3 atom stereocenters. The molecule has 0 bridgehead atoms. The van der Waals surface area contributed by atoms with Gasteiger partial charge in [-0.05, 0) is 80.3 Å². The first kappa shape index (κ1) is 42.0. The highest BCUT2D eigenvalue weighted by Gasteiger charge is 2.50. The maximum Gasteiger partial charge on any atom is 0.231 e. The second-order valence-corrected chi connectivity index (χ2v) is 15.6. The molecule has 12 nitrogen and oxygen atoms in total. The molecule has 2 saturated heterocycles. The zero-order valence-corrected chi connectivity index (χ0v) is 33.0. The van der Waals surface area contributed by atoms with Crippen molar-refractivity contribution < 1.29 is 37.9 Å². The Labute approximate surface area is 328 Å². The topological polar surface area (TPSA) is 158 Å². The number of imide groups is 1. The first-order chi connectivity index (χ1) is 26.8. The smallest absolute Gasteiger partial charge is 0.231 e. The van der Waals surface area contributed by atoms with E-state index >= 15 is 0 Å². The van der Waals surface area contributed by atoms with Gasteiger partial charge in [0.25, 0.3) is 0 Å². The summed E-state index contributed by atoms with van der Waals surface area (Å²) >= 11 is 1.71. The first-order valence-corrected chi connectivity index (χ1v) is 20.7. The summed E-state index contributed by atoms with van der Waals surface area (Å²) in [5.74, 6) is 1.81. The predicted molar refractivity (Wildman–Crippen MR) is 211 cm³/mol. The van der Waals surface area contributed by atoms with Crippen LogP contribution in [0.25, 0.3) is 11.1 Å². The quantitative estimate of drug-likeness (QED) is 0.0704. The number of benzene rings is 2. The van der Waals surface area contributed by atoms with Crippen molar-refractivity contribution in [2.75, 3.05) is 45.3 Å². The number of ether oxygens (including phenoxy) is 3. The molecule has 2 aliphatic rings. The van der Waals surface area contributed by atoms with Crippen LogP contribution in [0.1, 0.15) is 80.4 Å². The number of aromatic nitrogens is 1. The molecule has 1 aromatic heterocycles. The molecule has 13 heteroatoms. The molecule has 4 amide bonds. The number of hydrogen-bond acceptors (Lipinski definition) is 10. The molecular formula is C42H56N4O8S. The number of nitrogens with zero attached hydrogens (tertiary/aromatic N) is 1. The van der Waals surface area contributed by atoms with Crippen molar-refractivity contribution in [1.82, 2.24) is 21.1 Å². The van der Waals surface area contributed by atoms with Crippen LogP contribution in [0, 0.1) is 25.7 Å². The van der Waals surface area contributed by atoms with Crippen LogP contribution in [0.15, 0.2) is 53.1 Å². The number of hydrogen-bond donors (Lipinski definition) is 3. The number of amides is 4. The van der Waals surface area contributed by atoms with Crippen LogP contribution >= 0.6 is 11.8 Å². The molecule has 55 heavy (non-hydrogen) atoms. The molecule has 0 saturated carbocycles. The molecule has 2 aromatic carbocycles. The third kappa shape index (κ3) is 13.5. The van der Waals surface area contributed by atoms with Gasteiger partial charge in [0, 0.05) is 49.4 Å². The molecule has 5 rings (SSSR count). The minimum absolute atomic E-state index is 0.00815. The molecule has 3 N–H and O–H groups in total. The van der Waals surface area contributed by atoms with Crippen LogP contribution in [-0.4, -0.2) is 79.3 Å². The maximum absolute atomic E-state index is 12.2. The highest BCUT2D eigenvalue weighted by atomic mass is 32.2. The second-order valence-electron chi connectivity index (χ2n) is 14.3. The SMILES string of the molecule is Cc1cc(-c2ccccc2)cc(C)c1OCCCc1cc(COCCOCCNC(=O)CCCCCNC(=O)CCCC[C@@H]2SCC3C(=O)NC(=O)[C@H]32)no1. The van der Waals surface area contributed by atoms with Gasteiger partial charge >= 0.3 is 0 Å². The Morgan fingerprint density at radius 2 is 1.55 bits per heavy atom. The Morgan fingerprint density at radius 1 is 0.818 bits per heavy atom. The van der Waals surface area contributed by atoms with Crippen molar-refractivity contribution in [2.24, 2.45) is 11.8 Å². The summed E-state index contributed by atoms with van der Waals surface area (Å²) in [6, 6.07) is 16.6. The Bertz CT molecular complexity index is 1680. The second kappa shape index (κ2) is 22.4. The highest BCUT2D eigenvalue weighted by molar-refractivity contribution is 8.00. The Morgan fingerprint density at radius 3 is 2.33 bits per heavy atom. The lowest BCUT2D eigenvalue weighted by Gasteiger charge is -2.14. The fraction of sp³-hybridized carbons (Fsp3) is 0.548. The molecule has 2 fully saturated rings. The van der Waals surface area contributed by atoms with E-state index < -0.39 is 0 Å². The van der Waals surface area contributed by atoms with Gasteiger partial charge in [-0.2, -0.15) is 11.8 Å². The molecule has 3 aromatic rings. The molecule has 0 radical (unpaired) electrons. The van der Waals surface area contributed by atoms with Gasteiger partial charge in [-0.1, -0.05) is 48.3 Å². The van der Waals surface area contributed by atoms with Gasteiger partial charge < -0.3 is 29.4 Å². The van der Waals surface area contributed by atoms with Crippen LogP contribution in [-0.2, 0) is 41.7 Å². The lowest BCUT2D eigenvalue weighted by Crippen LogP contribution is -2.27. The van der Waals surface area contributed by atoms with Gasteiger partial charge in [0.1, 0.15) is 17.2 Å². The van der Waals surface area contributed by atoms with E-state index in [1.54, 1.807) is 11.8 Å². The van der Waals surface area contributed by atoms with Gasteiger partial charge in [-0.15, -0.1) is 0 Å². The largest absolute Gasteiger partial charge is 0.493 e. The lowest BCUT2D eigenvalue weighted by atomic mass is 9.91. The van der Waals surface area contributed by atoms with Crippen molar-refractivity contribution in [3.63, 3.8) is 0 Å². The first-order valence-electron chi connectivity index (χ1n) is 19.7. The van der Waals surface area contributed by atoms with Crippen LogP contribution in [0.2, 0.25) is 0 Å². The van der Waals surface area contributed by atoms with Gasteiger partial charge in [0.15, 0.2) is 0 Å². The number of fused-ring (bicyclic) bond motifs is 1. The number of carbonyl (C=O) groups excluding carboxylic acids is 4. The van der Waals surface area contributed by atoms with E-state index in [0.29, 0.717) is 64.7 Å². The van der Waals surface area contributed by atoms with Crippen molar-refractivity contribution in [3.05, 3.63) is 71.1 Å². The summed E-state index contributed by atoms with van der Waals surface area (Å²) in [6.45, 7) is 7.35. The van der Waals surface area contributed by atoms with Gasteiger partial charge in [-0.3, -0.25) is 24.5 Å². The number of unbranched alkanes of at least 4 members (excludes halogenated alkanes) is 3. The van der Waals surface area contributed by atoms with Crippen molar-refractivity contribution in [2.45, 2.75) is 89.9 Å². The average molecular weight is 777 g/mol. The summed E-state index contributed by atoms with van der Waals surface area (Å²) in [7, 11) is 0. The van der Waals surface area contributed by atoms with Gasteiger partial charge in [0.2, 0.25) is 23.6 Å². The minimum atomic E-state index is -0.201. The fourth-order valence-corrected chi connectivity index (χ4v) is 8.73. The summed E-state index contributed by atoms with van der Waals surface area (Å²) in [5.41, 5.74) is 5.37. The van der Waals surface area contributed by atoms with Crippen molar-refractivity contribution >= 4 is 35.4 Å². The van der Waals surface area contributed by atoms with Crippen molar-refractivity contribution in [1.29, 1.82) is 0 Å². The average Bonchev–Trinajstić information content (AvgIpc) is 3.89. The normalized spacial score (nSPS) is 17.6. The van der Waals surface area contributed by atoms with E-state index in [1.165, 1.54) is 11.1 Å². The number of carbonyl (C=O) groups is 4. The summed E-state index contributed by atoms with van der Waals surface area (Å²) in [5, 5.41) is 12.5. The Hall–Kier alpha value is -4.20. The molecule has 0 aliphatic carbocycles. The summed E-state index contributed by atoms with van der Waals surface area (Å²) in [4.78, 5) is 48.1. The Kier molecular flexibility index (Phi) is 17.1. The van der Waals surface area contributed by atoms with E-state index in [1.807, 2.05) is 24.3 Å². The van der Waals surface area contributed by atoms with Crippen LogP contribution in [0.4, 0.5) is 0 Å². The molecule has 2 aliphatic heterocycles. The van der Waals surface area contributed by atoms with Crippen molar-refractivity contribution in [3.8, 4) is 16.9 Å². The fourth-order valence-electron chi connectivity index (χ4n) is 7.06. The van der Waals surface area contributed by atoms with Crippen LogP contribution in [0.5, 0.6) is 5.75 Å². The van der Waals surface area contributed by atoms with Crippen LogP contribution in [0.3, 0.4) is 0 Å². The molecule has 0 spiro atoms. The standard InChI is InChI=1S/C42H56N4O8S/c1-29-24-32(31-12-5-3-6-13-31)25-30(2)40(29)53-20-11-14-34-26-33(46-54-34)27-52-23-22-51-21-19-44-38(48)16-7-4-10-18-43-37(47)17-9-8-15-36-39-35(28-55-36)41(49)45-42(39)50/h3,5-6,12-13,24-26,35-36,39H,4,7-11,14-23,27-28H2,1-2H3,(H,43,47)(H,44,48)(H,45,49,50)/t35?,36-,39+/m0/s1. The number of aryl methyl sites for hydroxylation is 3. The summed E-state index contributed by atoms with van der Waals surface area (Å²) < 4.78 is 22.9. The molecule has 1 unspecified atom stereocenters. The molecular weight excluding hydrogens is 721 g/mol. The summed E-state index contributed by atoms with van der Waals surface area (Å²) in [6.07, 6.45) is 7.33. The van der Waals surface area contributed by atoms with E-state index in [-0.39, 0.29) is 40.7 Å². The Balaban J connectivity index is 0.791. The minimum Gasteiger partial charge on any atom is -0.493 e. The lowest BCUT2D eigenvalue weighted by molar-refractivity contribution is -0.126. The van der Waals surface area contributed by atoms with Gasteiger partial charge in [-0.25, -0.2) is 0 Å². The zero-order valence-electron chi connectivity index (χ0n) is 32.2. The third-order valence-corrected chi connectivity index (χ3v) is 11.4. The van der Waals surface area contributed by atoms with Crippen LogP contribution < -0.4 is 20.7 Å². The number of nitrogens with one attached hydrogen (secondary N) is 3.